The molecule has 2 aromatic heterocycles. The molecule has 0 saturated carbocycles. The molecule has 28 heavy (non-hydrogen) atoms. The van der Waals surface area contributed by atoms with Gasteiger partial charge in [-0.3, -0.25) is 4.68 Å². The first-order valence-corrected chi connectivity index (χ1v) is 10.1. The third-order valence-electron chi connectivity index (χ3n) is 3.97. The molecule has 148 valence electrons. The second-order valence-corrected chi connectivity index (χ2v) is 7.93. The molecule has 0 saturated heterocycles. The van der Waals surface area contributed by atoms with Gasteiger partial charge in [-0.05, 0) is 24.6 Å². The van der Waals surface area contributed by atoms with Crippen LogP contribution in [0.1, 0.15) is 5.56 Å². The van der Waals surface area contributed by atoms with Crippen molar-refractivity contribution in [1.29, 1.82) is 0 Å². The summed E-state index contributed by atoms with van der Waals surface area (Å²) in [6.45, 7) is 2.43. The number of anilines is 2. The number of aromatic nitrogens is 4. The number of rotatable bonds is 8. The van der Waals surface area contributed by atoms with Gasteiger partial charge in [-0.1, -0.05) is 12.1 Å². The second kappa shape index (κ2) is 8.46. The minimum absolute atomic E-state index is 0.188. The molecule has 2 heterocycles. The number of aryl methyl sites for hydroxylation is 2. The van der Waals surface area contributed by atoms with E-state index in [4.69, 9.17) is 4.74 Å². The van der Waals surface area contributed by atoms with Crippen molar-refractivity contribution < 1.29 is 13.2 Å². The molecule has 0 atom stereocenters. The summed E-state index contributed by atoms with van der Waals surface area (Å²) < 4.78 is 33.6. The molecule has 0 spiro atoms. The summed E-state index contributed by atoms with van der Waals surface area (Å²) in [6, 6.07) is 6.57. The summed E-state index contributed by atoms with van der Waals surface area (Å²) in [5, 5.41) is 7.20. The van der Waals surface area contributed by atoms with Crippen LogP contribution in [-0.4, -0.2) is 48.4 Å². The minimum atomic E-state index is -3.57. The number of ether oxygens (including phenoxy) is 1. The lowest BCUT2D eigenvalue weighted by Crippen LogP contribution is -2.27. The van der Waals surface area contributed by atoms with E-state index < -0.39 is 10.0 Å². The third-order valence-corrected chi connectivity index (χ3v) is 5.45. The van der Waals surface area contributed by atoms with E-state index in [9.17, 15) is 8.42 Å². The first-order valence-electron chi connectivity index (χ1n) is 8.57. The molecular formula is C18H22N6O3S. The summed E-state index contributed by atoms with van der Waals surface area (Å²) in [5.41, 5.74) is 3.18. The maximum Gasteiger partial charge on any atom is 0.240 e. The number of sulfonamides is 1. The van der Waals surface area contributed by atoms with E-state index in [1.54, 1.807) is 41.3 Å². The molecule has 0 fully saturated rings. The predicted molar refractivity (Wildman–Crippen MR) is 106 cm³/mol. The summed E-state index contributed by atoms with van der Waals surface area (Å²) >= 11 is 0. The van der Waals surface area contributed by atoms with Gasteiger partial charge in [-0.25, -0.2) is 23.1 Å². The molecule has 3 aromatic rings. The number of hydrogen-bond donors (Lipinski definition) is 2. The average Bonchev–Trinajstić information content (AvgIpc) is 3.08. The van der Waals surface area contributed by atoms with E-state index in [0.717, 1.165) is 22.5 Å². The fraction of sp³-hybridized carbons (Fsp3) is 0.278. The van der Waals surface area contributed by atoms with Crippen LogP contribution in [0.2, 0.25) is 0 Å². The van der Waals surface area contributed by atoms with Crippen molar-refractivity contribution in [2.75, 3.05) is 25.6 Å². The highest BCUT2D eigenvalue weighted by Crippen LogP contribution is 2.24. The zero-order valence-electron chi connectivity index (χ0n) is 15.9. The quantitative estimate of drug-likeness (QED) is 0.553. The fourth-order valence-electron chi connectivity index (χ4n) is 2.56. The van der Waals surface area contributed by atoms with Gasteiger partial charge < -0.3 is 10.1 Å². The lowest BCUT2D eigenvalue weighted by molar-refractivity contribution is 0.204. The number of nitrogens with one attached hydrogen (secondary N) is 2. The Hall–Kier alpha value is -2.82. The van der Waals surface area contributed by atoms with Crippen molar-refractivity contribution in [3.05, 3.63) is 48.4 Å². The molecule has 0 bridgehead atoms. The van der Waals surface area contributed by atoms with Crippen LogP contribution in [0.4, 0.5) is 11.6 Å². The van der Waals surface area contributed by atoms with Crippen molar-refractivity contribution in [1.82, 2.24) is 24.5 Å². The van der Waals surface area contributed by atoms with Crippen molar-refractivity contribution in [3.63, 3.8) is 0 Å². The second-order valence-electron chi connectivity index (χ2n) is 6.17. The smallest absolute Gasteiger partial charge is 0.240 e. The largest absolute Gasteiger partial charge is 0.383 e. The third kappa shape index (κ3) is 4.71. The van der Waals surface area contributed by atoms with Crippen LogP contribution < -0.4 is 10.0 Å². The first kappa shape index (κ1) is 19.9. The fourth-order valence-corrected chi connectivity index (χ4v) is 3.58. The summed E-state index contributed by atoms with van der Waals surface area (Å²) in [5.74, 6) is 0.437. The molecule has 2 N–H and O–H groups in total. The van der Waals surface area contributed by atoms with Gasteiger partial charge in [0.15, 0.2) is 0 Å². The van der Waals surface area contributed by atoms with Crippen molar-refractivity contribution in [3.8, 4) is 11.3 Å². The van der Waals surface area contributed by atoms with E-state index in [1.165, 1.54) is 7.11 Å². The Bertz CT molecular complexity index is 1050. The van der Waals surface area contributed by atoms with Crippen LogP contribution in [0, 0.1) is 6.92 Å². The SMILES string of the molecule is COCCNS(=O)(=O)c1ccc(-c2nc(Nc3cnn(C)c3)ncc2C)cc1. The van der Waals surface area contributed by atoms with Crippen LogP contribution in [0.3, 0.4) is 0 Å². The normalized spacial score (nSPS) is 11.5. The Morgan fingerprint density at radius 1 is 1.18 bits per heavy atom. The predicted octanol–water partition coefficient (Wildman–Crippen LogP) is 1.85. The van der Waals surface area contributed by atoms with E-state index >= 15 is 0 Å². The lowest BCUT2D eigenvalue weighted by atomic mass is 10.1. The standard InChI is InChI=1S/C18H22N6O3S/c1-13-10-19-18(22-15-11-20-24(2)12-15)23-17(13)14-4-6-16(7-5-14)28(25,26)21-8-9-27-3/h4-7,10-12,21H,8-9H2,1-3H3,(H,19,22,23). The minimum Gasteiger partial charge on any atom is -0.383 e. The molecule has 1 aromatic carbocycles. The van der Waals surface area contributed by atoms with Gasteiger partial charge in [0.1, 0.15) is 0 Å². The Morgan fingerprint density at radius 2 is 1.93 bits per heavy atom. The van der Waals surface area contributed by atoms with Crippen LogP contribution in [0.5, 0.6) is 0 Å². The topological polar surface area (TPSA) is 111 Å². The summed E-state index contributed by atoms with van der Waals surface area (Å²) in [6.07, 6.45) is 5.22. The van der Waals surface area contributed by atoms with Crippen molar-refractivity contribution in [2.45, 2.75) is 11.8 Å². The molecule has 0 amide bonds. The maximum atomic E-state index is 12.3. The van der Waals surface area contributed by atoms with E-state index in [2.05, 4.69) is 25.1 Å². The molecule has 10 heteroatoms. The summed E-state index contributed by atoms with van der Waals surface area (Å²) in [7, 11) is -0.228. The molecule has 9 nitrogen and oxygen atoms in total. The molecule has 0 aliphatic carbocycles. The van der Waals surface area contributed by atoms with E-state index in [0.29, 0.717) is 12.6 Å². The zero-order chi connectivity index (χ0) is 20.1. The van der Waals surface area contributed by atoms with Crippen molar-refractivity contribution >= 4 is 21.7 Å². The number of nitrogens with zero attached hydrogens (tertiary/aromatic N) is 4. The molecule has 3 rings (SSSR count). The Balaban J connectivity index is 1.82. The number of methoxy groups -OCH3 is 1. The van der Waals surface area contributed by atoms with Crippen LogP contribution >= 0.6 is 0 Å². The van der Waals surface area contributed by atoms with Gasteiger partial charge in [-0.2, -0.15) is 5.10 Å². The Labute approximate surface area is 163 Å². The number of hydrogen-bond acceptors (Lipinski definition) is 7. The Kier molecular flexibility index (Phi) is 6.02. The van der Waals surface area contributed by atoms with E-state index in [1.807, 2.05) is 20.2 Å². The summed E-state index contributed by atoms with van der Waals surface area (Å²) in [4.78, 5) is 9.04. The Morgan fingerprint density at radius 3 is 2.57 bits per heavy atom. The zero-order valence-corrected chi connectivity index (χ0v) is 16.7. The van der Waals surface area contributed by atoms with Crippen LogP contribution in [0.15, 0.2) is 47.8 Å². The highest BCUT2D eigenvalue weighted by molar-refractivity contribution is 7.89. The van der Waals surface area contributed by atoms with Crippen LogP contribution in [0.25, 0.3) is 11.3 Å². The van der Waals surface area contributed by atoms with Gasteiger partial charge in [0.2, 0.25) is 16.0 Å². The molecule has 0 unspecified atom stereocenters. The van der Waals surface area contributed by atoms with Crippen LogP contribution in [-0.2, 0) is 21.8 Å². The highest BCUT2D eigenvalue weighted by Gasteiger charge is 2.14. The molecular weight excluding hydrogens is 380 g/mol. The van der Waals surface area contributed by atoms with Gasteiger partial charge >= 0.3 is 0 Å². The average molecular weight is 402 g/mol. The van der Waals surface area contributed by atoms with Gasteiger partial charge in [-0.15, -0.1) is 0 Å². The van der Waals surface area contributed by atoms with E-state index in [-0.39, 0.29) is 11.4 Å². The molecule has 0 aliphatic heterocycles. The molecule has 0 aliphatic rings. The monoisotopic (exact) mass is 402 g/mol. The van der Waals surface area contributed by atoms with Gasteiger partial charge in [0, 0.05) is 38.7 Å². The highest BCUT2D eigenvalue weighted by atomic mass is 32.2. The van der Waals surface area contributed by atoms with Gasteiger partial charge in [0.05, 0.1) is 29.1 Å². The van der Waals surface area contributed by atoms with Gasteiger partial charge in [0.25, 0.3) is 0 Å². The lowest BCUT2D eigenvalue weighted by Gasteiger charge is -2.10. The number of benzene rings is 1. The van der Waals surface area contributed by atoms with Crippen molar-refractivity contribution in [2.24, 2.45) is 7.05 Å². The molecule has 0 radical (unpaired) electrons. The maximum absolute atomic E-state index is 12.3. The first-order chi connectivity index (χ1) is 13.4.